The molecule has 0 radical (unpaired) electrons. The number of carbonyl (C=O) groups is 5. The summed E-state index contributed by atoms with van der Waals surface area (Å²) in [6, 6.07) is 14.0. The molecule has 1 N–H and O–H groups in total. The Balaban J connectivity index is 1.33. The number of carbonyl (C=O) groups excluding carboxylic acids is 5. The number of esters is 2. The van der Waals surface area contributed by atoms with Crippen LogP contribution in [0, 0.1) is 0 Å². The van der Waals surface area contributed by atoms with E-state index in [0.29, 0.717) is 16.1 Å². The fraction of sp³-hybridized carbons (Fsp3) is 0.300. The third-order valence-electron chi connectivity index (χ3n) is 6.93. The Morgan fingerprint density at radius 2 is 1.57 bits per heavy atom. The molecule has 0 saturated carbocycles. The van der Waals surface area contributed by atoms with Crippen molar-refractivity contribution in [3.63, 3.8) is 0 Å². The van der Waals surface area contributed by atoms with E-state index in [4.69, 9.17) is 9.47 Å². The minimum absolute atomic E-state index is 0.0252. The molecule has 0 spiro atoms. The number of amides is 3. The first-order valence-corrected chi connectivity index (χ1v) is 14.0. The van der Waals surface area contributed by atoms with Gasteiger partial charge in [-0.1, -0.05) is 42.5 Å². The first-order chi connectivity index (χ1) is 19.4. The second kappa shape index (κ2) is 11.8. The van der Waals surface area contributed by atoms with Gasteiger partial charge in [0.1, 0.15) is 11.0 Å². The molecule has 0 bridgehead atoms. The van der Waals surface area contributed by atoms with E-state index in [-0.39, 0.29) is 24.2 Å². The molecule has 1 aliphatic heterocycles. The molecule has 5 rings (SSSR count). The highest BCUT2D eigenvalue weighted by Crippen LogP contribution is 2.38. The molecular weight excluding hydrogens is 532 g/mol. The number of hydrogen-bond donors (Lipinski definition) is 1. The summed E-state index contributed by atoms with van der Waals surface area (Å²) in [7, 11) is 0. The number of nitrogens with one attached hydrogen (secondary N) is 1. The SMILES string of the molecule is CCOC(=O)c1c(NC(=O)COC(=O)[C@@H](Cc2ccccc2)N2C(=O)c3ccccc3C2=O)sc2c1CCCC2. The number of fused-ring (bicyclic) bond motifs is 2. The van der Waals surface area contributed by atoms with Crippen LogP contribution < -0.4 is 5.32 Å². The number of ether oxygens (including phenoxy) is 2. The molecule has 3 amide bonds. The van der Waals surface area contributed by atoms with Crippen molar-refractivity contribution in [2.45, 2.75) is 45.1 Å². The summed E-state index contributed by atoms with van der Waals surface area (Å²) in [5.41, 5.74) is 2.40. The standard InChI is InChI=1S/C30H28N2O7S/c1-2-38-30(37)25-21-14-8-9-15-23(21)40-26(25)31-24(33)17-39-29(36)22(16-18-10-4-3-5-11-18)32-27(34)19-12-6-7-13-20(19)28(32)35/h3-7,10-13,22H,2,8-9,14-17H2,1H3,(H,31,33)/t22-/m1/s1. The number of hydrogen-bond acceptors (Lipinski definition) is 8. The lowest BCUT2D eigenvalue weighted by Gasteiger charge is -2.24. The molecule has 2 aliphatic rings. The van der Waals surface area contributed by atoms with Gasteiger partial charge >= 0.3 is 11.9 Å². The van der Waals surface area contributed by atoms with Crippen molar-refractivity contribution in [3.05, 3.63) is 87.3 Å². The highest BCUT2D eigenvalue weighted by atomic mass is 32.1. The minimum atomic E-state index is -1.27. The first-order valence-electron chi connectivity index (χ1n) is 13.2. The van der Waals surface area contributed by atoms with E-state index in [1.807, 2.05) is 6.07 Å². The Labute approximate surface area is 235 Å². The summed E-state index contributed by atoms with van der Waals surface area (Å²) in [6.07, 6.45) is 3.52. The van der Waals surface area contributed by atoms with Crippen LogP contribution in [0.2, 0.25) is 0 Å². The van der Waals surface area contributed by atoms with Crippen LogP contribution in [0.5, 0.6) is 0 Å². The highest BCUT2D eigenvalue weighted by molar-refractivity contribution is 7.17. The van der Waals surface area contributed by atoms with Gasteiger partial charge < -0.3 is 14.8 Å². The summed E-state index contributed by atoms with van der Waals surface area (Å²) in [5, 5.41) is 3.07. The maximum atomic E-state index is 13.3. The lowest BCUT2D eigenvalue weighted by molar-refractivity contribution is -0.151. The molecule has 0 fully saturated rings. The van der Waals surface area contributed by atoms with Gasteiger partial charge in [0.2, 0.25) is 0 Å². The molecule has 1 aliphatic carbocycles. The second-order valence-corrected chi connectivity index (χ2v) is 10.6. The fourth-order valence-corrected chi connectivity index (χ4v) is 6.37. The Hall–Kier alpha value is -4.31. The van der Waals surface area contributed by atoms with Crippen LogP contribution in [0.15, 0.2) is 54.6 Å². The maximum Gasteiger partial charge on any atom is 0.341 e. The van der Waals surface area contributed by atoms with E-state index in [0.717, 1.165) is 41.0 Å². The van der Waals surface area contributed by atoms with Crippen LogP contribution in [0.3, 0.4) is 0 Å². The normalized spacial score (nSPS) is 14.8. The molecule has 206 valence electrons. The summed E-state index contributed by atoms with van der Waals surface area (Å²) in [5.74, 6) is -3.21. The van der Waals surface area contributed by atoms with Gasteiger partial charge in [0, 0.05) is 11.3 Å². The van der Waals surface area contributed by atoms with E-state index in [2.05, 4.69) is 5.32 Å². The van der Waals surface area contributed by atoms with Gasteiger partial charge in [-0.2, -0.15) is 0 Å². The summed E-state index contributed by atoms with van der Waals surface area (Å²) >= 11 is 1.33. The number of imide groups is 1. The molecule has 0 unspecified atom stereocenters. The van der Waals surface area contributed by atoms with Gasteiger partial charge in [0.05, 0.1) is 23.3 Å². The largest absolute Gasteiger partial charge is 0.462 e. The van der Waals surface area contributed by atoms with Crippen LogP contribution in [-0.4, -0.2) is 53.8 Å². The highest BCUT2D eigenvalue weighted by Gasteiger charge is 2.43. The van der Waals surface area contributed by atoms with Gasteiger partial charge in [-0.25, -0.2) is 9.59 Å². The molecule has 2 heterocycles. The predicted octanol–water partition coefficient (Wildman–Crippen LogP) is 4.19. The lowest BCUT2D eigenvalue weighted by atomic mass is 9.95. The Morgan fingerprint density at radius 1 is 0.925 bits per heavy atom. The van der Waals surface area contributed by atoms with Gasteiger partial charge in [-0.15, -0.1) is 11.3 Å². The molecule has 0 saturated heterocycles. The van der Waals surface area contributed by atoms with E-state index in [1.54, 1.807) is 43.3 Å². The second-order valence-electron chi connectivity index (χ2n) is 9.52. The molecule has 40 heavy (non-hydrogen) atoms. The number of thiophene rings is 1. The van der Waals surface area contributed by atoms with Crippen molar-refractivity contribution in [2.24, 2.45) is 0 Å². The van der Waals surface area contributed by atoms with Crippen LogP contribution in [0.1, 0.15) is 66.8 Å². The quantitative estimate of drug-likeness (QED) is 0.308. The maximum absolute atomic E-state index is 13.3. The number of rotatable bonds is 9. The van der Waals surface area contributed by atoms with Crippen LogP contribution in [0.4, 0.5) is 5.00 Å². The zero-order valence-electron chi connectivity index (χ0n) is 21.9. The van der Waals surface area contributed by atoms with Gasteiger partial charge in [0.25, 0.3) is 17.7 Å². The van der Waals surface area contributed by atoms with E-state index in [1.165, 1.54) is 23.5 Å². The number of nitrogens with zero attached hydrogens (tertiary/aromatic N) is 1. The summed E-state index contributed by atoms with van der Waals surface area (Å²) < 4.78 is 10.6. The zero-order valence-corrected chi connectivity index (χ0v) is 22.8. The molecule has 9 nitrogen and oxygen atoms in total. The van der Waals surface area contributed by atoms with Crippen LogP contribution in [0.25, 0.3) is 0 Å². The number of aryl methyl sites for hydroxylation is 1. The van der Waals surface area contributed by atoms with Gasteiger partial charge in [0.15, 0.2) is 6.61 Å². The van der Waals surface area contributed by atoms with Crippen LogP contribution >= 0.6 is 11.3 Å². The van der Waals surface area contributed by atoms with E-state index < -0.39 is 42.3 Å². The summed E-state index contributed by atoms with van der Waals surface area (Å²) in [4.78, 5) is 67.2. The van der Waals surface area contributed by atoms with Crippen molar-refractivity contribution < 1.29 is 33.4 Å². The fourth-order valence-electron chi connectivity index (χ4n) is 5.08. The monoisotopic (exact) mass is 560 g/mol. The van der Waals surface area contributed by atoms with E-state index >= 15 is 0 Å². The summed E-state index contributed by atoms with van der Waals surface area (Å²) in [6.45, 7) is 1.27. The van der Waals surface area contributed by atoms with Crippen molar-refractivity contribution >= 4 is 46.0 Å². The Morgan fingerprint density at radius 3 is 2.25 bits per heavy atom. The molecule has 2 aromatic carbocycles. The third kappa shape index (κ3) is 5.40. The topological polar surface area (TPSA) is 119 Å². The minimum Gasteiger partial charge on any atom is -0.462 e. The van der Waals surface area contributed by atoms with Gasteiger partial charge in [-0.3, -0.25) is 19.3 Å². The van der Waals surface area contributed by atoms with Crippen molar-refractivity contribution in [2.75, 3.05) is 18.5 Å². The van der Waals surface area contributed by atoms with Crippen molar-refractivity contribution in [1.29, 1.82) is 0 Å². The van der Waals surface area contributed by atoms with Crippen molar-refractivity contribution in [1.82, 2.24) is 4.90 Å². The molecule has 1 atom stereocenters. The predicted molar refractivity (Wildman–Crippen MR) is 147 cm³/mol. The Kier molecular flexibility index (Phi) is 8.06. The molecular formula is C30H28N2O7S. The number of anilines is 1. The van der Waals surface area contributed by atoms with E-state index in [9.17, 15) is 24.0 Å². The average Bonchev–Trinajstić information content (AvgIpc) is 3.45. The number of benzene rings is 2. The molecule has 1 aromatic heterocycles. The third-order valence-corrected chi connectivity index (χ3v) is 8.14. The molecule has 3 aromatic rings. The molecule has 10 heteroatoms. The zero-order chi connectivity index (χ0) is 28.2. The van der Waals surface area contributed by atoms with Crippen molar-refractivity contribution in [3.8, 4) is 0 Å². The van der Waals surface area contributed by atoms with Crippen LogP contribution in [-0.2, 0) is 38.3 Å². The van der Waals surface area contributed by atoms with Gasteiger partial charge in [-0.05, 0) is 55.9 Å². The lowest BCUT2D eigenvalue weighted by Crippen LogP contribution is -2.47. The smallest absolute Gasteiger partial charge is 0.341 e. The Bertz CT molecular complexity index is 1450. The average molecular weight is 561 g/mol. The first kappa shape index (κ1) is 27.3.